The number of aromatic carboxylic acids is 3. The van der Waals surface area contributed by atoms with Crippen molar-refractivity contribution in [2.75, 3.05) is 19.6 Å². The second-order valence-electron chi connectivity index (χ2n) is 4.16. The number of carboxylic acids is 3. The zero-order valence-corrected chi connectivity index (χ0v) is 14.4. The lowest BCUT2D eigenvalue weighted by Crippen LogP contribution is -2.48. The van der Waals surface area contributed by atoms with E-state index in [0.717, 1.165) is 37.8 Å². The molecule has 24 heavy (non-hydrogen) atoms. The minimum atomic E-state index is -1.68. The molecule has 1 rings (SSSR count). The lowest BCUT2D eigenvalue weighted by molar-refractivity contribution is -0.362. The van der Waals surface area contributed by atoms with Crippen LogP contribution in [-0.2, 0) is 0 Å². The van der Waals surface area contributed by atoms with Crippen LogP contribution in [0.5, 0.6) is 0 Å². The first-order valence-electron chi connectivity index (χ1n) is 7.33. The Morgan fingerprint density at radius 3 is 0.875 bits per heavy atom. The number of carboxylic acid groups (broad SMARTS) is 3. The number of carbonyl (C=O) groups excluding carboxylic acids is 3. The van der Waals surface area contributed by atoms with E-state index in [0.29, 0.717) is 0 Å². The molecule has 0 radical (unpaired) electrons. The van der Waals surface area contributed by atoms with Crippen LogP contribution < -0.4 is 32.5 Å². The average molecular weight is 345 g/mol. The maximum atomic E-state index is 10.4. The van der Waals surface area contributed by atoms with Gasteiger partial charge in [-0.05, 0) is 55.7 Å². The highest BCUT2D eigenvalue weighted by Crippen LogP contribution is 2.09. The van der Waals surface area contributed by atoms with E-state index in [1.807, 2.05) is 20.8 Å². The number of rotatable bonds is 3. The SMILES string of the molecule is CC[NH3+].CC[NH3+].CC[NH3+].O=C([O-])c1cc(C(=O)[O-])cc(C(=O)[O-])c1. The molecule has 0 spiro atoms. The highest BCUT2D eigenvalue weighted by Gasteiger charge is 2.03. The highest BCUT2D eigenvalue weighted by atomic mass is 16.4. The molecule has 9 heteroatoms. The van der Waals surface area contributed by atoms with Gasteiger partial charge in [0.1, 0.15) is 0 Å². The van der Waals surface area contributed by atoms with Gasteiger partial charge in [-0.15, -0.1) is 0 Å². The van der Waals surface area contributed by atoms with Gasteiger partial charge in [0.2, 0.25) is 0 Å². The predicted octanol–water partition coefficient (Wildman–Crippen LogP) is -5.48. The monoisotopic (exact) mass is 345 g/mol. The van der Waals surface area contributed by atoms with E-state index in [4.69, 9.17) is 0 Å². The van der Waals surface area contributed by atoms with Crippen molar-refractivity contribution >= 4 is 17.9 Å². The first kappa shape index (κ1) is 26.4. The average Bonchev–Trinajstić information content (AvgIpc) is 2.49. The van der Waals surface area contributed by atoms with Crippen molar-refractivity contribution in [3.05, 3.63) is 34.9 Å². The number of hydrogen-bond donors (Lipinski definition) is 3. The summed E-state index contributed by atoms with van der Waals surface area (Å²) in [5.74, 6) is -5.04. The summed E-state index contributed by atoms with van der Waals surface area (Å²) >= 11 is 0. The molecule has 0 aromatic heterocycles. The molecule has 9 N–H and O–H groups in total. The fourth-order valence-corrected chi connectivity index (χ4v) is 0.981. The molecule has 138 valence electrons. The van der Waals surface area contributed by atoms with Crippen LogP contribution in [0.1, 0.15) is 51.8 Å². The van der Waals surface area contributed by atoms with Gasteiger partial charge < -0.3 is 46.9 Å². The molecular formula is C15H27N3O6. The first-order valence-corrected chi connectivity index (χ1v) is 7.33. The topological polar surface area (TPSA) is 203 Å². The van der Waals surface area contributed by atoms with E-state index in [9.17, 15) is 29.7 Å². The third kappa shape index (κ3) is 14.4. The summed E-state index contributed by atoms with van der Waals surface area (Å²) in [7, 11) is 0. The zero-order chi connectivity index (χ0) is 19.7. The van der Waals surface area contributed by atoms with Crippen LogP contribution in [0.2, 0.25) is 0 Å². The van der Waals surface area contributed by atoms with Gasteiger partial charge in [0.05, 0.1) is 37.5 Å². The first-order chi connectivity index (χ1) is 11.2. The molecule has 0 unspecified atom stereocenters. The molecule has 0 amide bonds. The standard InChI is InChI=1S/C9H6O6.3C2H7N/c10-7(11)4-1-5(8(12)13)3-6(2-4)9(14)15;3*1-2-3/h1-3H,(H,10,11)(H,12,13)(H,14,15);3*2-3H2,1H3. The molecule has 0 atom stereocenters. The summed E-state index contributed by atoms with van der Waals surface area (Å²) in [4.78, 5) is 31.2. The molecule has 0 aliphatic carbocycles. The quantitative estimate of drug-likeness (QED) is 0.487. The van der Waals surface area contributed by atoms with Crippen LogP contribution in [0.25, 0.3) is 0 Å². The van der Waals surface area contributed by atoms with Crippen molar-refractivity contribution in [3.8, 4) is 0 Å². The lowest BCUT2D eigenvalue weighted by Gasteiger charge is -2.11. The van der Waals surface area contributed by atoms with Crippen molar-refractivity contribution in [1.29, 1.82) is 0 Å². The normalized spacial score (nSPS) is 8.25. The Morgan fingerprint density at radius 2 is 0.792 bits per heavy atom. The van der Waals surface area contributed by atoms with Crippen LogP contribution in [0.4, 0.5) is 0 Å². The summed E-state index contributed by atoms with van der Waals surface area (Å²) in [6, 6.07) is 2.24. The molecule has 0 saturated carbocycles. The van der Waals surface area contributed by atoms with Gasteiger partial charge in [0, 0.05) is 0 Å². The molecule has 0 saturated heterocycles. The fraction of sp³-hybridized carbons (Fsp3) is 0.400. The molecule has 0 fully saturated rings. The summed E-state index contributed by atoms with van der Waals surface area (Å²) in [5.41, 5.74) is 8.78. The van der Waals surface area contributed by atoms with E-state index in [1.54, 1.807) is 0 Å². The van der Waals surface area contributed by atoms with Gasteiger partial charge >= 0.3 is 0 Å². The van der Waals surface area contributed by atoms with Crippen molar-refractivity contribution < 1.29 is 46.9 Å². The zero-order valence-electron chi connectivity index (χ0n) is 14.4. The Bertz CT molecular complexity index is 422. The van der Waals surface area contributed by atoms with Gasteiger partial charge in [-0.3, -0.25) is 0 Å². The predicted molar refractivity (Wildman–Crippen MR) is 79.7 cm³/mol. The molecule has 1 aromatic carbocycles. The number of hydrogen-bond acceptors (Lipinski definition) is 6. The highest BCUT2D eigenvalue weighted by molar-refractivity contribution is 5.97. The Balaban J connectivity index is -0.000000410. The van der Waals surface area contributed by atoms with Crippen molar-refractivity contribution in [2.24, 2.45) is 0 Å². The summed E-state index contributed by atoms with van der Waals surface area (Å²) in [5, 5.41) is 31.2. The third-order valence-corrected chi connectivity index (χ3v) is 1.64. The van der Waals surface area contributed by atoms with E-state index >= 15 is 0 Å². The molecule has 0 heterocycles. The van der Waals surface area contributed by atoms with Crippen molar-refractivity contribution in [3.63, 3.8) is 0 Å². The maximum Gasteiger partial charge on any atom is 0.0715 e. The van der Waals surface area contributed by atoms with E-state index < -0.39 is 34.6 Å². The second-order valence-corrected chi connectivity index (χ2v) is 4.16. The number of quaternary nitrogens is 3. The third-order valence-electron chi connectivity index (χ3n) is 1.64. The molecule has 0 aliphatic rings. The Kier molecular flexibility index (Phi) is 18.6. The molecule has 1 aromatic rings. The van der Waals surface area contributed by atoms with Crippen LogP contribution in [0.15, 0.2) is 18.2 Å². The van der Waals surface area contributed by atoms with Crippen LogP contribution in [0.3, 0.4) is 0 Å². The van der Waals surface area contributed by atoms with Gasteiger partial charge in [-0.25, -0.2) is 0 Å². The molecule has 0 bridgehead atoms. The molecule has 9 nitrogen and oxygen atoms in total. The van der Waals surface area contributed by atoms with Crippen LogP contribution >= 0.6 is 0 Å². The summed E-state index contributed by atoms with van der Waals surface area (Å²) in [6.07, 6.45) is 0. The van der Waals surface area contributed by atoms with E-state index in [2.05, 4.69) is 17.2 Å². The minimum absolute atomic E-state index is 0.559. The summed E-state index contributed by atoms with van der Waals surface area (Å²) in [6.45, 7) is 9.04. The summed E-state index contributed by atoms with van der Waals surface area (Å²) < 4.78 is 0. The van der Waals surface area contributed by atoms with Gasteiger partial charge in [0.25, 0.3) is 0 Å². The van der Waals surface area contributed by atoms with Gasteiger partial charge in [0.15, 0.2) is 0 Å². The largest absolute Gasteiger partial charge is 0.545 e. The molecular weight excluding hydrogens is 318 g/mol. The smallest absolute Gasteiger partial charge is 0.0715 e. The van der Waals surface area contributed by atoms with Gasteiger partial charge in [-0.2, -0.15) is 0 Å². The Labute approximate surface area is 141 Å². The van der Waals surface area contributed by atoms with Crippen LogP contribution in [0, 0.1) is 0 Å². The Morgan fingerprint density at radius 1 is 0.667 bits per heavy atom. The second kappa shape index (κ2) is 16.9. The molecule has 0 aliphatic heterocycles. The number of benzene rings is 1. The Hall–Kier alpha value is -2.49. The van der Waals surface area contributed by atoms with Crippen LogP contribution in [-0.4, -0.2) is 37.5 Å². The van der Waals surface area contributed by atoms with Crippen molar-refractivity contribution in [2.45, 2.75) is 20.8 Å². The number of carbonyl (C=O) groups is 3. The fourth-order valence-electron chi connectivity index (χ4n) is 0.981. The van der Waals surface area contributed by atoms with Crippen molar-refractivity contribution in [1.82, 2.24) is 0 Å². The lowest BCUT2D eigenvalue weighted by atomic mass is 10.1. The van der Waals surface area contributed by atoms with E-state index in [1.165, 1.54) is 0 Å². The minimum Gasteiger partial charge on any atom is -0.545 e. The maximum absolute atomic E-state index is 10.4. The van der Waals surface area contributed by atoms with E-state index in [-0.39, 0.29) is 0 Å². The van der Waals surface area contributed by atoms with Gasteiger partial charge in [-0.1, -0.05) is 0 Å².